The minimum absolute atomic E-state index is 0.0406. The van der Waals surface area contributed by atoms with E-state index in [1.165, 1.54) is 0 Å². The molecule has 0 unspecified atom stereocenters. The van der Waals surface area contributed by atoms with Crippen LogP contribution in [0, 0.1) is 5.41 Å². The fourth-order valence-corrected chi connectivity index (χ4v) is 3.70. The number of anilines is 2. The second-order valence-electron chi connectivity index (χ2n) is 7.52. The monoisotopic (exact) mass is 346 g/mol. The van der Waals surface area contributed by atoms with Crippen LogP contribution >= 0.6 is 0 Å². The van der Waals surface area contributed by atoms with E-state index in [-0.39, 0.29) is 5.41 Å². The minimum Gasteiger partial charge on any atom is -0.411 e. The predicted molar refractivity (Wildman–Crippen MR) is 104 cm³/mol. The van der Waals surface area contributed by atoms with Gasteiger partial charge >= 0.3 is 0 Å². The highest BCUT2D eigenvalue weighted by molar-refractivity contribution is 6.10. The molecule has 5 nitrogen and oxygen atoms in total. The van der Waals surface area contributed by atoms with Crippen molar-refractivity contribution in [3.05, 3.63) is 66.1 Å². The summed E-state index contributed by atoms with van der Waals surface area (Å²) in [7, 11) is 0. The second-order valence-corrected chi connectivity index (χ2v) is 7.52. The predicted octanol–water partition coefficient (Wildman–Crippen LogP) is 4.97. The summed E-state index contributed by atoms with van der Waals surface area (Å²) >= 11 is 0. The van der Waals surface area contributed by atoms with E-state index in [0.29, 0.717) is 5.71 Å². The maximum atomic E-state index is 9.68. The summed E-state index contributed by atoms with van der Waals surface area (Å²) in [6.45, 7) is 4.39. The largest absolute Gasteiger partial charge is 0.411 e. The van der Waals surface area contributed by atoms with E-state index >= 15 is 0 Å². The van der Waals surface area contributed by atoms with Gasteiger partial charge in [-0.2, -0.15) is 0 Å². The third-order valence-electron chi connectivity index (χ3n) is 4.80. The van der Waals surface area contributed by atoms with Crippen LogP contribution in [-0.4, -0.2) is 20.9 Å². The van der Waals surface area contributed by atoms with Gasteiger partial charge in [-0.25, -0.2) is 0 Å². The SMILES string of the molecule is CC1(C)CC(=NO)c2c([nH]c(-c3ccncc3)c2Nc2ccccc2)C1. The van der Waals surface area contributed by atoms with Crippen molar-refractivity contribution in [1.29, 1.82) is 0 Å². The van der Waals surface area contributed by atoms with Crippen LogP contribution in [0.25, 0.3) is 11.3 Å². The average molecular weight is 346 g/mol. The van der Waals surface area contributed by atoms with Crippen LogP contribution in [0.15, 0.2) is 60.0 Å². The molecule has 26 heavy (non-hydrogen) atoms. The van der Waals surface area contributed by atoms with E-state index in [1.54, 1.807) is 12.4 Å². The van der Waals surface area contributed by atoms with Crippen LogP contribution < -0.4 is 5.32 Å². The molecule has 0 atom stereocenters. The number of para-hydroxylation sites is 1. The quantitative estimate of drug-likeness (QED) is 0.463. The number of nitrogens with one attached hydrogen (secondary N) is 2. The average Bonchev–Trinajstić information content (AvgIpc) is 2.99. The number of aromatic nitrogens is 2. The normalized spacial score (nSPS) is 17.1. The number of rotatable bonds is 3. The fourth-order valence-electron chi connectivity index (χ4n) is 3.70. The molecule has 0 saturated carbocycles. The lowest BCUT2D eigenvalue weighted by Crippen LogP contribution is -2.27. The van der Waals surface area contributed by atoms with Gasteiger partial charge in [0.1, 0.15) is 0 Å². The van der Waals surface area contributed by atoms with E-state index in [2.05, 4.69) is 34.3 Å². The zero-order chi connectivity index (χ0) is 18.1. The molecule has 0 amide bonds. The first kappa shape index (κ1) is 16.4. The Labute approximate surface area is 152 Å². The van der Waals surface area contributed by atoms with Crippen LogP contribution in [0.3, 0.4) is 0 Å². The maximum absolute atomic E-state index is 9.68. The van der Waals surface area contributed by atoms with Gasteiger partial charge < -0.3 is 15.5 Å². The lowest BCUT2D eigenvalue weighted by molar-refractivity contribution is 0.306. The minimum atomic E-state index is 0.0406. The Morgan fingerprint density at radius 1 is 1.08 bits per heavy atom. The van der Waals surface area contributed by atoms with Gasteiger partial charge in [-0.3, -0.25) is 4.98 Å². The van der Waals surface area contributed by atoms with Gasteiger partial charge in [-0.15, -0.1) is 0 Å². The Hall–Kier alpha value is -3.08. The van der Waals surface area contributed by atoms with E-state index in [9.17, 15) is 5.21 Å². The van der Waals surface area contributed by atoms with Crippen molar-refractivity contribution in [3.8, 4) is 11.3 Å². The molecule has 3 aromatic rings. The van der Waals surface area contributed by atoms with Crippen LogP contribution in [0.1, 0.15) is 31.5 Å². The van der Waals surface area contributed by atoms with Crippen LogP contribution in [-0.2, 0) is 6.42 Å². The number of pyridine rings is 1. The van der Waals surface area contributed by atoms with Crippen LogP contribution in [0.2, 0.25) is 0 Å². The van der Waals surface area contributed by atoms with Crippen molar-refractivity contribution in [1.82, 2.24) is 9.97 Å². The van der Waals surface area contributed by atoms with Crippen molar-refractivity contribution in [3.63, 3.8) is 0 Å². The molecule has 5 heteroatoms. The molecule has 132 valence electrons. The van der Waals surface area contributed by atoms with Crippen LogP contribution in [0.4, 0.5) is 11.4 Å². The van der Waals surface area contributed by atoms with Gasteiger partial charge in [0.25, 0.3) is 0 Å². The standard InChI is InChI=1S/C21H22N4O/c1-21(2)12-16-18(17(13-21)25-26)20(23-15-6-4-3-5-7-15)19(24-16)14-8-10-22-11-9-14/h3-11,23-24,26H,12-13H2,1-2H3. The van der Waals surface area contributed by atoms with Crippen LogP contribution in [0.5, 0.6) is 0 Å². The molecular formula is C21H22N4O. The Bertz CT molecular complexity index is 943. The Balaban J connectivity index is 1.91. The number of benzene rings is 1. The Morgan fingerprint density at radius 3 is 2.50 bits per heavy atom. The van der Waals surface area contributed by atoms with E-state index in [4.69, 9.17) is 0 Å². The molecule has 4 rings (SSSR count). The zero-order valence-corrected chi connectivity index (χ0v) is 15.0. The van der Waals surface area contributed by atoms with Crippen molar-refractivity contribution < 1.29 is 5.21 Å². The summed E-state index contributed by atoms with van der Waals surface area (Å²) in [6.07, 6.45) is 5.20. The highest BCUT2D eigenvalue weighted by Crippen LogP contribution is 2.43. The van der Waals surface area contributed by atoms with E-state index in [0.717, 1.165) is 46.7 Å². The first-order valence-corrected chi connectivity index (χ1v) is 8.76. The summed E-state index contributed by atoms with van der Waals surface area (Å²) < 4.78 is 0. The molecule has 2 heterocycles. The van der Waals surface area contributed by atoms with Gasteiger partial charge in [-0.1, -0.05) is 37.2 Å². The summed E-state index contributed by atoms with van der Waals surface area (Å²) in [5, 5.41) is 16.8. The first-order chi connectivity index (χ1) is 12.6. The van der Waals surface area contributed by atoms with Crippen molar-refractivity contribution in [2.24, 2.45) is 10.6 Å². The number of nitrogens with zero attached hydrogens (tertiary/aromatic N) is 2. The lowest BCUT2D eigenvalue weighted by Gasteiger charge is -2.30. The molecule has 1 aromatic carbocycles. The van der Waals surface area contributed by atoms with Gasteiger partial charge in [0.05, 0.1) is 17.1 Å². The Morgan fingerprint density at radius 2 is 1.81 bits per heavy atom. The summed E-state index contributed by atoms with van der Waals surface area (Å²) in [5.41, 5.74) is 6.79. The van der Waals surface area contributed by atoms with E-state index in [1.807, 2.05) is 42.5 Å². The van der Waals surface area contributed by atoms with Crippen molar-refractivity contribution >= 4 is 17.1 Å². The molecule has 0 fully saturated rings. The fraction of sp³-hybridized carbons (Fsp3) is 0.238. The third-order valence-corrected chi connectivity index (χ3v) is 4.80. The number of hydrogen-bond acceptors (Lipinski definition) is 4. The topological polar surface area (TPSA) is 73.3 Å². The maximum Gasteiger partial charge on any atom is 0.0912 e. The highest BCUT2D eigenvalue weighted by atomic mass is 16.4. The molecular weight excluding hydrogens is 324 g/mol. The molecule has 3 N–H and O–H groups in total. The zero-order valence-electron chi connectivity index (χ0n) is 15.0. The summed E-state index contributed by atoms with van der Waals surface area (Å²) in [6, 6.07) is 14.0. The molecule has 0 aliphatic heterocycles. The number of oxime groups is 1. The molecule has 0 saturated heterocycles. The highest BCUT2D eigenvalue weighted by Gasteiger charge is 2.35. The molecule has 0 bridgehead atoms. The molecule has 2 aromatic heterocycles. The number of hydrogen-bond donors (Lipinski definition) is 3. The van der Waals surface area contributed by atoms with Gasteiger partial charge in [0.2, 0.25) is 0 Å². The van der Waals surface area contributed by atoms with Crippen molar-refractivity contribution in [2.45, 2.75) is 26.7 Å². The summed E-state index contributed by atoms with van der Waals surface area (Å²) in [4.78, 5) is 7.70. The molecule has 1 aliphatic rings. The van der Waals surface area contributed by atoms with Gasteiger partial charge in [-0.05, 0) is 42.5 Å². The smallest absolute Gasteiger partial charge is 0.0912 e. The van der Waals surface area contributed by atoms with Gasteiger partial charge in [0.15, 0.2) is 0 Å². The molecule has 1 aliphatic carbocycles. The van der Waals surface area contributed by atoms with Gasteiger partial charge in [0, 0.05) is 34.9 Å². The third kappa shape index (κ3) is 2.96. The molecule has 0 radical (unpaired) electrons. The number of fused-ring (bicyclic) bond motifs is 1. The molecule has 0 spiro atoms. The summed E-state index contributed by atoms with van der Waals surface area (Å²) in [5.74, 6) is 0. The Kier molecular flexibility index (Phi) is 3.99. The lowest BCUT2D eigenvalue weighted by atomic mass is 9.75. The van der Waals surface area contributed by atoms with Crippen molar-refractivity contribution in [2.75, 3.05) is 5.32 Å². The number of H-pyrrole nitrogens is 1. The number of aromatic amines is 1. The van der Waals surface area contributed by atoms with E-state index < -0.39 is 0 Å². The first-order valence-electron chi connectivity index (χ1n) is 8.76. The second kappa shape index (κ2) is 6.33.